The predicted molar refractivity (Wildman–Crippen MR) is 172 cm³/mol. The van der Waals surface area contributed by atoms with Gasteiger partial charge in [-0.3, -0.25) is 28.8 Å². The minimum Gasteiger partial charge on any atom is -0.490 e. The molecule has 48 heavy (non-hydrogen) atoms. The molecule has 2 amide bonds. The molecule has 0 aromatic heterocycles. The molecule has 3 N–H and O–H groups in total. The molecule has 0 radical (unpaired) electrons. The first kappa shape index (κ1) is 43.2. The second-order valence-corrected chi connectivity index (χ2v) is 10.5. The standard InChI is InChI=1S/C21H28N2O9.C12H20O4/c1-21(2,29)20(28)14-4-6-15(7-5-14)31-10-11-32-19(27)13-17(25)23-9-8-22-16(24)12-18(26)30-3;1-3-5-6-7-8-12(14)16-10-9-15-11(13)4-2/h4-7,29H,8-13H2,1-3H3,(H,22,24)(H,23,25);4H,2-3,5-10H2,1H3. The number of esters is 4. The van der Waals surface area contributed by atoms with E-state index in [4.69, 9.17) is 14.2 Å². The Balaban J connectivity index is 0.00000116. The van der Waals surface area contributed by atoms with Crippen molar-refractivity contribution in [1.29, 1.82) is 0 Å². The second-order valence-electron chi connectivity index (χ2n) is 10.5. The monoisotopic (exact) mass is 680 g/mol. The highest BCUT2D eigenvalue weighted by Gasteiger charge is 2.25. The van der Waals surface area contributed by atoms with Gasteiger partial charge < -0.3 is 39.4 Å². The van der Waals surface area contributed by atoms with Gasteiger partial charge in [0.05, 0.1) is 7.11 Å². The van der Waals surface area contributed by atoms with Crippen molar-refractivity contribution >= 4 is 41.5 Å². The summed E-state index contributed by atoms with van der Waals surface area (Å²) in [4.78, 5) is 79.3. The minimum atomic E-state index is -1.47. The largest absolute Gasteiger partial charge is 0.490 e. The summed E-state index contributed by atoms with van der Waals surface area (Å²) in [5.74, 6) is -3.23. The number of nitrogens with one attached hydrogen (secondary N) is 2. The van der Waals surface area contributed by atoms with E-state index in [0.29, 0.717) is 17.7 Å². The van der Waals surface area contributed by atoms with Crippen molar-refractivity contribution in [3.05, 3.63) is 42.5 Å². The number of hydrogen-bond donors (Lipinski definition) is 3. The molecule has 15 heteroatoms. The summed E-state index contributed by atoms with van der Waals surface area (Å²) in [6.45, 7) is 8.50. The predicted octanol–water partition coefficient (Wildman–Crippen LogP) is 1.98. The average Bonchev–Trinajstić information content (AvgIpc) is 3.05. The first-order valence-electron chi connectivity index (χ1n) is 15.4. The van der Waals surface area contributed by atoms with E-state index in [2.05, 4.69) is 33.6 Å². The zero-order chi connectivity index (χ0) is 36.4. The Bertz CT molecular complexity index is 1190. The minimum absolute atomic E-state index is 0.0401. The van der Waals surface area contributed by atoms with Gasteiger partial charge in [-0.25, -0.2) is 4.79 Å². The highest BCUT2D eigenvalue weighted by molar-refractivity contribution is 6.01. The maximum absolute atomic E-state index is 11.9. The lowest BCUT2D eigenvalue weighted by Gasteiger charge is -2.15. The van der Waals surface area contributed by atoms with Crippen LogP contribution in [0.5, 0.6) is 5.75 Å². The van der Waals surface area contributed by atoms with Crippen LogP contribution in [-0.4, -0.2) is 98.8 Å². The maximum Gasteiger partial charge on any atom is 0.330 e. The van der Waals surface area contributed by atoms with Crippen LogP contribution >= 0.6 is 0 Å². The van der Waals surface area contributed by atoms with E-state index < -0.39 is 53.9 Å². The lowest BCUT2D eigenvalue weighted by molar-refractivity contribution is -0.149. The van der Waals surface area contributed by atoms with Crippen LogP contribution in [0.25, 0.3) is 0 Å². The molecule has 0 aliphatic carbocycles. The molecule has 0 heterocycles. The van der Waals surface area contributed by atoms with Crippen LogP contribution in [-0.2, 0) is 47.7 Å². The van der Waals surface area contributed by atoms with Crippen LogP contribution in [0.2, 0.25) is 0 Å². The second kappa shape index (κ2) is 25.3. The third-order valence-corrected chi connectivity index (χ3v) is 5.89. The number of Topliss-reactive ketones (excluding diaryl/α,β-unsaturated/α-hetero) is 1. The van der Waals surface area contributed by atoms with Crippen molar-refractivity contribution in [2.24, 2.45) is 0 Å². The third kappa shape index (κ3) is 22.7. The molecule has 268 valence electrons. The van der Waals surface area contributed by atoms with Gasteiger partial charge in [-0.05, 0) is 44.5 Å². The van der Waals surface area contributed by atoms with Gasteiger partial charge in [0.25, 0.3) is 0 Å². The van der Waals surface area contributed by atoms with Crippen LogP contribution in [0.3, 0.4) is 0 Å². The molecule has 15 nitrogen and oxygen atoms in total. The molecule has 0 spiro atoms. The summed E-state index contributed by atoms with van der Waals surface area (Å²) >= 11 is 0. The van der Waals surface area contributed by atoms with Crippen LogP contribution in [0.4, 0.5) is 0 Å². The number of hydrogen-bond acceptors (Lipinski definition) is 13. The third-order valence-electron chi connectivity index (χ3n) is 5.89. The molecular formula is C33H48N2O13. The smallest absolute Gasteiger partial charge is 0.330 e. The zero-order valence-electron chi connectivity index (χ0n) is 28.1. The first-order valence-corrected chi connectivity index (χ1v) is 15.4. The molecule has 0 aliphatic rings. The summed E-state index contributed by atoms with van der Waals surface area (Å²) in [5, 5.41) is 14.6. The van der Waals surface area contributed by atoms with Crippen LogP contribution < -0.4 is 15.4 Å². The fourth-order valence-electron chi connectivity index (χ4n) is 3.41. The van der Waals surface area contributed by atoms with Gasteiger partial charge in [0.1, 0.15) is 50.6 Å². The van der Waals surface area contributed by atoms with E-state index in [-0.39, 0.29) is 45.5 Å². The molecule has 1 aromatic carbocycles. The molecular weight excluding hydrogens is 632 g/mol. The van der Waals surface area contributed by atoms with E-state index in [1.165, 1.54) is 33.1 Å². The van der Waals surface area contributed by atoms with E-state index in [9.17, 15) is 38.7 Å². The lowest BCUT2D eigenvalue weighted by Crippen LogP contribution is -2.36. The molecule has 0 saturated carbocycles. The molecule has 1 rings (SSSR count). The molecule has 0 bridgehead atoms. The number of ketones is 1. The van der Waals surface area contributed by atoms with Crippen LogP contribution in [0.15, 0.2) is 36.9 Å². The van der Waals surface area contributed by atoms with Gasteiger partial charge in [0.2, 0.25) is 11.8 Å². The van der Waals surface area contributed by atoms with Gasteiger partial charge >= 0.3 is 23.9 Å². The lowest BCUT2D eigenvalue weighted by atomic mass is 9.97. The van der Waals surface area contributed by atoms with E-state index in [1.807, 2.05) is 0 Å². The zero-order valence-corrected chi connectivity index (χ0v) is 28.1. The Morgan fingerprint density at radius 3 is 1.85 bits per heavy atom. The molecule has 0 atom stereocenters. The van der Waals surface area contributed by atoms with Crippen LogP contribution in [0, 0.1) is 0 Å². The Morgan fingerprint density at radius 1 is 0.771 bits per heavy atom. The van der Waals surface area contributed by atoms with E-state index in [0.717, 1.165) is 31.8 Å². The van der Waals surface area contributed by atoms with Crippen molar-refractivity contribution in [1.82, 2.24) is 10.6 Å². The number of rotatable bonds is 22. The maximum atomic E-state index is 11.9. The SMILES string of the molecule is C=CC(=O)OCCOC(=O)CCCCCC.COC(=O)CC(=O)NCCNC(=O)CC(=O)OCCOc1ccc(C(=O)C(C)(C)O)cc1. The Morgan fingerprint density at radius 2 is 1.31 bits per heavy atom. The fourth-order valence-corrected chi connectivity index (χ4v) is 3.41. The average molecular weight is 681 g/mol. The number of unbranched alkanes of at least 4 members (excludes halogenated alkanes) is 3. The summed E-state index contributed by atoms with van der Waals surface area (Å²) in [6, 6.07) is 6.14. The summed E-state index contributed by atoms with van der Waals surface area (Å²) in [5.41, 5.74) is -1.13. The van der Waals surface area contributed by atoms with Crippen molar-refractivity contribution in [2.45, 2.75) is 71.3 Å². The Kier molecular flexibility index (Phi) is 22.8. The fraction of sp³-hybridized carbons (Fsp3) is 0.545. The number of carbonyl (C=O) groups excluding carboxylic acids is 7. The van der Waals surface area contributed by atoms with Crippen LogP contribution in [0.1, 0.15) is 76.1 Å². The first-order chi connectivity index (χ1) is 22.7. The highest BCUT2D eigenvalue weighted by atomic mass is 16.6. The molecule has 0 aliphatic heterocycles. The number of methoxy groups -OCH3 is 1. The van der Waals surface area contributed by atoms with Crippen molar-refractivity contribution < 1.29 is 62.4 Å². The quantitative estimate of drug-likeness (QED) is 0.0400. The molecule has 1 aromatic rings. The van der Waals surface area contributed by atoms with Gasteiger partial charge in [0.15, 0.2) is 5.78 Å². The summed E-state index contributed by atoms with van der Waals surface area (Å²) in [7, 11) is 1.17. The van der Waals surface area contributed by atoms with Gasteiger partial charge in [-0.1, -0.05) is 32.8 Å². The number of carbonyl (C=O) groups is 7. The molecule has 0 unspecified atom stereocenters. The number of amides is 2. The molecule has 0 fully saturated rings. The number of aliphatic hydroxyl groups is 1. The highest BCUT2D eigenvalue weighted by Crippen LogP contribution is 2.17. The van der Waals surface area contributed by atoms with Crippen molar-refractivity contribution in [2.75, 3.05) is 46.6 Å². The van der Waals surface area contributed by atoms with Crippen molar-refractivity contribution in [3.63, 3.8) is 0 Å². The van der Waals surface area contributed by atoms with Gasteiger partial charge in [-0.15, -0.1) is 0 Å². The van der Waals surface area contributed by atoms with Crippen molar-refractivity contribution in [3.8, 4) is 5.75 Å². The van der Waals surface area contributed by atoms with Gasteiger partial charge in [0, 0.05) is 31.1 Å². The number of ether oxygens (including phenoxy) is 5. The summed E-state index contributed by atoms with van der Waals surface area (Å²) in [6.07, 6.45) is 4.81. The number of benzene rings is 1. The normalized spacial score (nSPS) is 10.3. The Labute approximate surface area is 280 Å². The Hall–Kier alpha value is -4.79. The topological polar surface area (TPSA) is 210 Å². The van der Waals surface area contributed by atoms with Gasteiger partial charge in [-0.2, -0.15) is 0 Å². The summed E-state index contributed by atoms with van der Waals surface area (Å²) < 4.78 is 24.2. The van der Waals surface area contributed by atoms with E-state index >= 15 is 0 Å². The molecule has 0 saturated heterocycles. The van der Waals surface area contributed by atoms with E-state index in [1.54, 1.807) is 12.1 Å².